The SMILES string of the molecule is CC(C)N(CCC(=O)O)C(=O)c1csc2c1CCCC2. The minimum atomic E-state index is -0.865. The second-order valence-electron chi connectivity index (χ2n) is 5.49. The molecule has 1 aliphatic rings. The molecule has 2 rings (SSSR count). The average molecular weight is 295 g/mol. The second-order valence-corrected chi connectivity index (χ2v) is 6.46. The van der Waals surface area contributed by atoms with E-state index in [0.717, 1.165) is 24.8 Å². The van der Waals surface area contributed by atoms with E-state index >= 15 is 0 Å². The summed E-state index contributed by atoms with van der Waals surface area (Å²) < 4.78 is 0. The lowest BCUT2D eigenvalue weighted by molar-refractivity contribution is -0.137. The van der Waals surface area contributed by atoms with Gasteiger partial charge in [-0.15, -0.1) is 11.3 Å². The van der Waals surface area contributed by atoms with Crippen LogP contribution in [0.4, 0.5) is 0 Å². The summed E-state index contributed by atoms with van der Waals surface area (Å²) in [5.74, 6) is -0.878. The zero-order valence-electron chi connectivity index (χ0n) is 12.0. The van der Waals surface area contributed by atoms with Gasteiger partial charge in [-0.2, -0.15) is 0 Å². The topological polar surface area (TPSA) is 57.6 Å². The van der Waals surface area contributed by atoms with Crippen LogP contribution in [-0.2, 0) is 17.6 Å². The Labute approximate surface area is 123 Å². The van der Waals surface area contributed by atoms with Crippen LogP contribution < -0.4 is 0 Å². The molecule has 0 radical (unpaired) electrons. The number of thiophene rings is 1. The molecule has 0 atom stereocenters. The van der Waals surface area contributed by atoms with Gasteiger partial charge in [0.05, 0.1) is 12.0 Å². The van der Waals surface area contributed by atoms with Gasteiger partial charge in [0, 0.05) is 22.8 Å². The molecule has 0 aliphatic heterocycles. The largest absolute Gasteiger partial charge is 0.481 e. The molecule has 0 fully saturated rings. The molecule has 0 bridgehead atoms. The molecule has 110 valence electrons. The number of amides is 1. The van der Waals surface area contributed by atoms with Crippen LogP contribution in [0.1, 0.15) is 53.9 Å². The molecule has 1 aliphatic carbocycles. The van der Waals surface area contributed by atoms with Crippen LogP contribution in [0, 0.1) is 0 Å². The van der Waals surface area contributed by atoms with Gasteiger partial charge in [-0.3, -0.25) is 9.59 Å². The van der Waals surface area contributed by atoms with Crippen LogP contribution >= 0.6 is 11.3 Å². The molecular formula is C15H21NO3S. The summed E-state index contributed by atoms with van der Waals surface area (Å²) in [6.45, 7) is 4.13. The molecular weight excluding hydrogens is 274 g/mol. The van der Waals surface area contributed by atoms with Crippen molar-refractivity contribution in [1.29, 1.82) is 0 Å². The van der Waals surface area contributed by atoms with E-state index < -0.39 is 5.97 Å². The molecule has 0 unspecified atom stereocenters. The van der Waals surface area contributed by atoms with Crippen molar-refractivity contribution in [3.63, 3.8) is 0 Å². The van der Waals surface area contributed by atoms with Crippen molar-refractivity contribution in [2.45, 2.75) is 52.0 Å². The van der Waals surface area contributed by atoms with Crippen molar-refractivity contribution >= 4 is 23.2 Å². The van der Waals surface area contributed by atoms with E-state index in [1.807, 2.05) is 19.2 Å². The molecule has 20 heavy (non-hydrogen) atoms. The van der Waals surface area contributed by atoms with Crippen LogP contribution in [-0.4, -0.2) is 34.5 Å². The number of aliphatic carboxylic acids is 1. The van der Waals surface area contributed by atoms with Crippen LogP contribution in [0.15, 0.2) is 5.38 Å². The standard InChI is InChI=1S/C15H21NO3S/c1-10(2)16(8-7-14(17)18)15(19)12-9-20-13-6-4-3-5-11(12)13/h9-10H,3-8H2,1-2H3,(H,17,18). The maximum Gasteiger partial charge on any atom is 0.305 e. The Morgan fingerprint density at radius 2 is 2.05 bits per heavy atom. The van der Waals surface area contributed by atoms with Gasteiger partial charge in [-0.1, -0.05) is 0 Å². The van der Waals surface area contributed by atoms with Gasteiger partial charge in [-0.05, 0) is 45.1 Å². The van der Waals surface area contributed by atoms with Crippen molar-refractivity contribution < 1.29 is 14.7 Å². The average Bonchev–Trinajstić information content (AvgIpc) is 2.81. The summed E-state index contributed by atoms with van der Waals surface area (Å²) in [7, 11) is 0. The number of hydrogen-bond donors (Lipinski definition) is 1. The molecule has 0 saturated heterocycles. The van der Waals surface area contributed by atoms with E-state index in [2.05, 4.69) is 0 Å². The summed E-state index contributed by atoms with van der Waals surface area (Å²) in [4.78, 5) is 26.4. The summed E-state index contributed by atoms with van der Waals surface area (Å²) in [5.41, 5.74) is 2.00. The number of fused-ring (bicyclic) bond motifs is 1. The van der Waals surface area contributed by atoms with E-state index in [0.29, 0.717) is 0 Å². The van der Waals surface area contributed by atoms with Crippen molar-refractivity contribution in [3.8, 4) is 0 Å². The Bertz CT molecular complexity index is 507. The maximum absolute atomic E-state index is 12.7. The highest BCUT2D eigenvalue weighted by atomic mass is 32.1. The molecule has 5 heteroatoms. The van der Waals surface area contributed by atoms with Gasteiger partial charge in [-0.25, -0.2) is 0 Å². The highest BCUT2D eigenvalue weighted by molar-refractivity contribution is 7.10. The third-order valence-electron chi connectivity index (χ3n) is 3.74. The highest BCUT2D eigenvalue weighted by Gasteiger charge is 2.25. The minimum absolute atomic E-state index is 0.00372. The van der Waals surface area contributed by atoms with Gasteiger partial charge in [0.1, 0.15) is 0 Å². The number of carbonyl (C=O) groups is 2. The lowest BCUT2D eigenvalue weighted by atomic mass is 9.95. The first-order valence-electron chi connectivity index (χ1n) is 7.12. The molecule has 0 saturated carbocycles. The monoisotopic (exact) mass is 295 g/mol. The molecule has 1 aromatic rings. The number of hydrogen-bond acceptors (Lipinski definition) is 3. The fraction of sp³-hybridized carbons (Fsp3) is 0.600. The fourth-order valence-electron chi connectivity index (χ4n) is 2.64. The van der Waals surface area contributed by atoms with Gasteiger partial charge < -0.3 is 10.0 Å². The van der Waals surface area contributed by atoms with Crippen LogP contribution in [0.25, 0.3) is 0 Å². The summed E-state index contributed by atoms with van der Waals surface area (Å²) >= 11 is 1.67. The second kappa shape index (κ2) is 6.39. The Morgan fingerprint density at radius 1 is 1.35 bits per heavy atom. The van der Waals surface area contributed by atoms with E-state index in [1.165, 1.54) is 16.9 Å². The molecule has 1 aromatic heterocycles. The third kappa shape index (κ3) is 3.20. The van der Waals surface area contributed by atoms with Crippen molar-refractivity contribution in [2.24, 2.45) is 0 Å². The predicted molar refractivity (Wildman–Crippen MR) is 79.4 cm³/mol. The number of carboxylic acids is 1. The number of nitrogens with zero attached hydrogens (tertiary/aromatic N) is 1. The van der Waals surface area contributed by atoms with Crippen LogP contribution in [0.2, 0.25) is 0 Å². The highest BCUT2D eigenvalue weighted by Crippen LogP contribution is 2.31. The first-order valence-corrected chi connectivity index (χ1v) is 8.00. The fourth-order valence-corrected chi connectivity index (χ4v) is 3.76. The summed E-state index contributed by atoms with van der Waals surface area (Å²) in [6.07, 6.45) is 4.39. The number of carboxylic acid groups (broad SMARTS) is 1. The predicted octanol–water partition coefficient (Wildman–Crippen LogP) is 2.95. The Kier molecular flexibility index (Phi) is 4.81. The number of rotatable bonds is 5. The van der Waals surface area contributed by atoms with Crippen LogP contribution in [0.3, 0.4) is 0 Å². The van der Waals surface area contributed by atoms with Crippen molar-refractivity contribution in [1.82, 2.24) is 4.90 Å². The van der Waals surface area contributed by atoms with E-state index in [-0.39, 0.29) is 24.9 Å². The first-order chi connectivity index (χ1) is 9.50. The van der Waals surface area contributed by atoms with Crippen molar-refractivity contribution in [3.05, 3.63) is 21.4 Å². The minimum Gasteiger partial charge on any atom is -0.481 e. The maximum atomic E-state index is 12.7. The van der Waals surface area contributed by atoms with E-state index in [4.69, 9.17) is 5.11 Å². The molecule has 4 nitrogen and oxygen atoms in total. The molecule has 1 amide bonds. The third-order valence-corrected chi connectivity index (χ3v) is 4.83. The smallest absolute Gasteiger partial charge is 0.305 e. The molecule has 1 N–H and O–H groups in total. The molecule has 0 aromatic carbocycles. The first kappa shape index (κ1) is 15.0. The van der Waals surface area contributed by atoms with Gasteiger partial charge in [0.2, 0.25) is 0 Å². The van der Waals surface area contributed by atoms with E-state index in [1.54, 1.807) is 16.2 Å². The van der Waals surface area contributed by atoms with Gasteiger partial charge >= 0.3 is 5.97 Å². The Balaban J connectivity index is 2.19. The zero-order valence-corrected chi connectivity index (χ0v) is 12.8. The Hall–Kier alpha value is -1.36. The summed E-state index contributed by atoms with van der Waals surface area (Å²) in [6, 6.07) is 0.0148. The number of carbonyl (C=O) groups excluding carboxylic acids is 1. The number of aryl methyl sites for hydroxylation is 1. The summed E-state index contributed by atoms with van der Waals surface area (Å²) in [5, 5.41) is 10.8. The van der Waals surface area contributed by atoms with Crippen molar-refractivity contribution in [2.75, 3.05) is 6.54 Å². The lowest BCUT2D eigenvalue weighted by Gasteiger charge is -2.26. The molecule has 0 spiro atoms. The Morgan fingerprint density at radius 3 is 2.70 bits per heavy atom. The van der Waals surface area contributed by atoms with Gasteiger partial charge in [0.15, 0.2) is 0 Å². The van der Waals surface area contributed by atoms with Gasteiger partial charge in [0.25, 0.3) is 5.91 Å². The lowest BCUT2D eigenvalue weighted by Crippen LogP contribution is -2.38. The molecule has 1 heterocycles. The van der Waals surface area contributed by atoms with Crippen LogP contribution in [0.5, 0.6) is 0 Å². The normalized spacial score (nSPS) is 14.2. The zero-order chi connectivity index (χ0) is 14.7. The quantitative estimate of drug-likeness (QED) is 0.908. The van der Waals surface area contributed by atoms with E-state index in [9.17, 15) is 9.59 Å².